The molecular weight excluding hydrogens is 326 g/mol. The summed E-state index contributed by atoms with van der Waals surface area (Å²) in [5.74, 6) is 0. The van der Waals surface area contributed by atoms with Gasteiger partial charge in [-0.15, -0.1) is 0 Å². The summed E-state index contributed by atoms with van der Waals surface area (Å²) in [6.45, 7) is 4.39. The predicted molar refractivity (Wildman–Crippen MR) is 109 cm³/mol. The number of thiocarbonyl (C=S) groups is 1. The van der Waals surface area contributed by atoms with Gasteiger partial charge in [0.1, 0.15) is 0 Å². The number of rotatable bonds is 6. The number of nitrogens with zero attached hydrogens (tertiary/aromatic N) is 1. The van der Waals surface area contributed by atoms with E-state index in [4.69, 9.17) is 12.2 Å². The quantitative estimate of drug-likeness (QED) is 0.774. The molecule has 2 N–H and O–H groups in total. The number of hydrogen-bond acceptors (Lipinski definition) is 2. The van der Waals surface area contributed by atoms with E-state index in [1.807, 2.05) is 12.1 Å². The first-order valence-electron chi connectivity index (χ1n) is 9.19. The fourth-order valence-corrected chi connectivity index (χ4v) is 3.56. The maximum atomic E-state index is 5.56. The molecule has 1 fully saturated rings. The van der Waals surface area contributed by atoms with Crippen molar-refractivity contribution in [1.82, 2.24) is 15.5 Å². The van der Waals surface area contributed by atoms with Crippen molar-refractivity contribution in [2.75, 3.05) is 26.2 Å². The maximum Gasteiger partial charge on any atom is 0.167 e. The van der Waals surface area contributed by atoms with Gasteiger partial charge in [0.15, 0.2) is 5.11 Å². The molecule has 0 bridgehead atoms. The molecule has 0 spiro atoms. The van der Waals surface area contributed by atoms with Crippen LogP contribution in [0.2, 0.25) is 0 Å². The van der Waals surface area contributed by atoms with E-state index in [1.165, 1.54) is 43.5 Å². The van der Waals surface area contributed by atoms with E-state index in [0.717, 1.165) is 18.2 Å². The molecule has 3 nitrogen and oxygen atoms in total. The third-order valence-electron chi connectivity index (χ3n) is 4.70. The maximum absolute atomic E-state index is 5.56. The Balaban J connectivity index is 1.57. The SMILES string of the molecule is S=C(NCCN1CCCCC1)NC(c1ccccc1)c1ccccc1. The largest absolute Gasteiger partial charge is 0.361 e. The first kappa shape index (κ1) is 17.9. The molecule has 3 rings (SSSR count). The van der Waals surface area contributed by atoms with E-state index in [-0.39, 0.29) is 6.04 Å². The molecule has 0 atom stereocenters. The van der Waals surface area contributed by atoms with Crippen LogP contribution in [0.25, 0.3) is 0 Å². The minimum absolute atomic E-state index is 0.0670. The van der Waals surface area contributed by atoms with Crippen LogP contribution in [0.3, 0.4) is 0 Å². The summed E-state index contributed by atoms with van der Waals surface area (Å²) in [6, 6.07) is 21.0. The molecule has 1 aliphatic rings. The summed E-state index contributed by atoms with van der Waals surface area (Å²) in [7, 11) is 0. The number of hydrogen-bond donors (Lipinski definition) is 2. The Bertz CT molecular complexity index is 599. The van der Waals surface area contributed by atoms with Crippen molar-refractivity contribution in [2.45, 2.75) is 25.3 Å². The van der Waals surface area contributed by atoms with Gasteiger partial charge in [-0.25, -0.2) is 0 Å². The fourth-order valence-electron chi connectivity index (χ4n) is 3.34. The highest BCUT2D eigenvalue weighted by Gasteiger charge is 2.15. The van der Waals surface area contributed by atoms with Crippen LogP contribution in [0.15, 0.2) is 60.7 Å². The monoisotopic (exact) mass is 353 g/mol. The van der Waals surface area contributed by atoms with Gasteiger partial charge in [-0.3, -0.25) is 0 Å². The van der Waals surface area contributed by atoms with Gasteiger partial charge >= 0.3 is 0 Å². The summed E-state index contributed by atoms with van der Waals surface area (Å²) in [6.07, 6.45) is 4.03. The van der Waals surface area contributed by atoms with Gasteiger partial charge in [0.2, 0.25) is 0 Å². The lowest BCUT2D eigenvalue weighted by Crippen LogP contribution is -2.42. The Labute approximate surface area is 156 Å². The molecule has 132 valence electrons. The van der Waals surface area contributed by atoms with Crippen molar-refractivity contribution in [3.63, 3.8) is 0 Å². The van der Waals surface area contributed by atoms with Crippen LogP contribution in [-0.4, -0.2) is 36.2 Å². The molecule has 0 aromatic heterocycles. The van der Waals surface area contributed by atoms with E-state index in [2.05, 4.69) is 64.1 Å². The Morgan fingerprint density at radius 1 is 0.880 bits per heavy atom. The van der Waals surface area contributed by atoms with Gasteiger partial charge in [-0.1, -0.05) is 67.1 Å². The van der Waals surface area contributed by atoms with Crippen molar-refractivity contribution >= 4 is 17.3 Å². The van der Waals surface area contributed by atoms with Crippen molar-refractivity contribution in [2.24, 2.45) is 0 Å². The van der Waals surface area contributed by atoms with Gasteiger partial charge in [0, 0.05) is 13.1 Å². The summed E-state index contributed by atoms with van der Waals surface area (Å²) in [5, 5.41) is 7.59. The fraction of sp³-hybridized carbons (Fsp3) is 0.381. The number of likely N-dealkylation sites (tertiary alicyclic amines) is 1. The zero-order valence-corrected chi connectivity index (χ0v) is 15.5. The molecule has 0 amide bonds. The molecule has 25 heavy (non-hydrogen) atoms. The molecule has 2 aromatic rings. The van der Waals surface area contributed by atoms with Crippen molar-refractivity contribution in [1.29, 1.82) is 0 Å². The number of benzene rings is 2. The molecule has 2 aromatic carbocycles. The average molecular weight is 354 g/mol. The molecule has 1 heterocycles. The summed E-state index contributed by atoms with van der Waals surface area (Å²) in [5.41, 5.74) is 2.43. The van der Waals surface area contributed by atoms with Crippen LogP contribution in [0.1, 0.15) is 36.4 Å². The third kappa shape index (κ3) is 5.55. The molecule has 0 aliphatic carbocycles. The van der Waals surface area contributed by atoms with Crippen LogP contribution in [0.5, 0.6) is 0 Å². The number of piperidine rings is 1. The Morgan fingerprint density at radius 3 is 2.00 bits per heavy atom. The van der Waals surface area contributed by atoms with E-state index < -0.39 is 0 Å². The normalized spacial score (nSPS) is 15.1. The average Bonchev–Trinajstić information content (AvgIpc) is 2.68. The van der Waals surface area contributed by atoms with Crippen molar-refractivity contribution < 1.29 is 0 Å². The molecular formula is C21H27N3S. The Hall–Kier alpha value is -1.91. The molecule has 0 saturated carbocycles. The summed E-state index contributed by atoms with van der Waals surface area (Å²) >= 11 is 5.56. The highest BCUT2D eigenvalue weighted by Crippen LogP contribution is 2.21. The summed E-state index contributed by atoms with van der Waals surface area (Å²) < 4.78 is 0. The van der Waals surface area contributed by atoms with Gasteiger partial charge in [0.05, 0.1) is 6.04 Å². The van der Waals surface area contributed by atoms with E-state index >= 15 is 0 Å². The van der Waals surface area contributed by atoms with Gasteiger partial charge in [-0.2, -0.15) is 0 Å². The first-order chi connectivity index (χ1) is 12.3. The molecule has 0 unspecified atom stereocenters. The van der Waals surface area contributed by atoms with Crippen LogP contribution >= 0.6 is 12.2 Å². The lowest BCUT2D eigenvalue weighted by atomic mass is 9.99. The lowest BCUT2D eigenvalue weighted by molar-refractivity contribution is 0.232. The first-order valence-corrected chi connectivity index (χ1v) is 9.60. The zero-order valence-electron chi connectivity index (χ0n) is 14.7. The van der Waals surface area contributed by atoms with E-state index in [9.17, 15) is 0 Å². The van der Waals surface area contributed by atoms with E-state index in [0.29, 0.717) is 0 Å². The van der Waals surface area contributed by atoms with E-state index in [1.54, 1.807) is 0 Å². The second kappa shape index (κ2) is 9.54. The Kier molecular flexibility index (Phi) is 6.83. The van der Waals surface area contributed by atoms with Gasteiger partial charge in [0.25, 0.3) is 0 Å². The van der Waals surface area contributed by atoms with Gasteiger partial charge in [-0.05, 0) is 49.3 Å². The van der Waals surface area contributed by atoms with Crippen LogP contribution in [-0.2, 0) is 0 Å². The lowest BCUT2D eigenvalue weighted by Gasteiger charge is -2.27. The van der Waals surface area contributed by atoms with Crippen molar-refractivity contribution in [3.8, 4) is 0 Å². The third-order valence-corrected chi connectivity index (χ3v) is 4.97. The second-order valence-corrected chi connectivity index (χ2v) is 6.97. The minimum Gasteiger partial charge on any atom is -0.361 e. The molecule has 1 aliphatic heterocycles. The zero-order chi connectivity index (χ0) is 17.3. The van der Waals surface area contributed by atoms with Gasteiger partial charge < -0.3 is 15.5 Å². The van der Waals surface area contributed by atoms with Crippen LogP contribution in [0.4, 0.5) is 0 Å². The van der Waals surface area contributed by atoms with Crippen molar-refractivity contribution in [3.05, 3.63) is 71.8 Å². The smallest absolute Gasteiger partial charge is 0.167 e. The molecule has 4 heteroatoms. The highest BCUT2D eigenvalue weighted by molar-refractivity contribution is 7.80. The molecule has 0 radical (unpaired) electrons. The standard InChI is InChI=1S/C21H27N3S/c25-21(22-14-17-24-15-8-3-9-16-24)23-20(18-10-4-1-5-11-18)19-12-6-2-7-13-19/h1-2,4-7,10-13,20H,3,8-9,14-17H2,(H2,22,23,25). The van der Waals surface area contributed by atoms with Crippen LogP contribution in [0, 0.1) is 0 Å². The predicted octanol–water partition coefficient (Wildman–Crippen LogP) is 3.73. The minimum atomic E-state index is 0.0670. The Morgan fingerprint density at radius 2 is 1.44 bits per heavy atom. The summed E-state index contributed by atoms with van der Waals surface area (Å²) in [4.78, 5) is 2.52. The number of nitrogens with one attached hydrogen (secondary N) is 2. The highest BCUT2D eigenvalue weighted by atomic mass is 32.1. The second-order valence-electron chi connectivity index (χ2n) is 6.56. The topological polar surface area (TPSA) is 27.3 Å². The molecule has 1 saturated heterocycles. The van der Waals surface area contributed by atoms with Crippen LogP contribution < -0.4 is 10.6 Å².